The van der Waals surface area contributed by atoms with E-state index in [2.05, 4.69) is 31.2 Å². The van der Waals surface area contributed by atoms with Crippen molar-refractivity contribution in [2.75, 3.05) is 19.6 Å². The molecule has 0 saturated heterocycles. The molecule has 8 heteroatoms. The van der Waals surface area contributed by atoms with Crippen molar-refractivity contribution in [2.24, 2.45) is 5.10 Å². The summed E-state index contributed by atoms with van der Waals surface area (Å²) >= 11 is 0. The summed E-state index contributed by atoms with van der Waals surface area (Å²) in [6, 6.07) is 5.50. The van der Waals surface area contributed by atoms with Gasteiger partial charge in [-0.1, -0.05) is 5.10 Å². The second-order valence-corrected chi connectivity index (χ2v) is 3.61. The van der Waals surface area contributed by atoms with E-state index >= 15 is 0 Å². The Morgan fingerprint density at radius 3 is 2.79 bits per heavy atom. The maximum Gasteiger partial charge on any atom is 0.283 e. The zero-order valence-corrected chi connectivity index (χ0v) is 10.8. The van der Waals surface area contributed by atoms with E-state index in [1.54, 1.807) is 20.3 Å². The number of benzene rings is 1. The summed E-state index contributed by atoms with van der Waals surface area (Å²) in [6.45, 7) is 1.84. The highest BCUT2D eigenvalue weighted by atomic mass is 16.5. The summed E-state index contributed by atoms with van der Waals surface area (Å²) in [7, 11) is 3.20. The van der Waals surface area contributed by atoms with Gasteiger partial charge in [-0.2, -0.15) is 10.3 Å². The van der Waals surface area contributed by atoms with E-state index in [0.29, 0.717) is 11.7 Å². The van der Waals surface area contributed by atoms with Crippen LogP contribution in [0.4, 0.5) is 5.95 Å². The fraction of sp³-hybridized carbons (Fsp3) is 0.273. The summed E-state index contributed by atoms with van der Waals surface area (Å²) in [5, 5.41) is 17.4. The van der Waals surface area contributed by atoms with Gasteiger partial charge in [0.05, 0.1) is 19.9 Å². The number of tetrazole rings is 1. The third-order valence-electron chi connectivity index (χ3n) is 2.47. The second kappa shape index (κ2) is 5.80. The first-order valence-electron chi connectivity index (χ1n) is 5.50. The van der Waals surface area contributed by atoms with Gasteiger partial charge in [-0.15, -0.1) is 5.10 Å². The van der Waals surface area contributed by atoms with Crippen LogP contribution < -0.4 is 14.9 Å². The molecule has 1 aromatic carbocycles. The molecule has 0 bridgehead atoms. The van der Waals surface area contributed by atoms with Crippen LogP contribution in [-0.4, -0.2) is 40.6 Å². The van der Waals surface area contributed by atoms with Gasteiger partial charge in [0, 0.05) is 11.6 Å². The maximum atomic E-state index is 5.31. The molecule has 0 aliphatic heterocycles. The van der Waals surface area contributed by atoms with Crippen molar-refractivity contribution >= 4 is 11.7 Å². The van der Waals surface area contributed by atoms with Crippen LogP contribution in [0.15, 0.2) is 23.3 Å². The van der Waals surface area contributed by atoms with Gasteiger partial charge in [-0.05, 0) is 24.3 Å². The van der Waals surface area contributed by atoms with Crippen LogP contribution in [0.1, 0.15) is 12.5 Å². The highest BCUT2D eigenvalue weighted by Crippen LogP contribution is 2.25. The summed E-state index contributed by atoms with van der Waals surface area (Å²) in [4.78, 5) is 0. The molecule has 1 heterocycles. The summed E-state index contributed by atoms with van der Waals surface area (Å²) in [5.74, 6) is 1.70. The number of nitrogens with one attached hydrogen (secondary N) is 2. The Kier molecular flexibility index (Phi) is 3.91. The molecule has 1 aromatic heterocycles. The van der Waals surface area contributed by atoms with Crippen LogP contribution in [0.25, 0.3) is 0 Å². The van der Waals surface area contributed by atoms with E-state index < -0.39 is 0 Å². The van der Waals surface area contributed by atoms with Crippen LogP contribution in [0.2, 0.25) is 0 Å². The average Bonchev–Trinajstić information content (AvgIpc) is 2.97. The Morgan fingerprint density at radius 1 is 1.32 bits per heavy atom. The van der Waals surface area contributed by atoms with Gasteiger partial charge >= 0.3 is 0 Å². The van der Waals surface area contributed by atoms with Gasteiger partial charge in [-0.25, -0.2) is 5.43 Å². The molecule has 19 heavy (non-hydrogen) atoms. The molecule has 100 valence electrons. The number of nitrogens with zero attached hydrogens (tertiary/aromatic N) is 4. The van der Waals surface area contributed by atoms with Crippen molar-refractivity contribution in [2.45, 2.75) is 6.92 Å². The third kappa shape index (κ3) is 2.97. The minimum atomic E-state index is 0.298. The number of hydrazone groups is 1. The van der Waals surface area contributed by atoms with Gasteiger partial charge < -0.3 is 9.47 Å². The van der Waals surface area contributed by atoms with E-state index in [4.69, 9.17) is 9.47 Å². The highest BCUT2D eigenvalue weighted by molar-refractivity contribution is 6.01. The van der Waals surface area contributed by atoms with Crippen molar-refractivity contribution in [3.05, 3.63) is 23.8 Å². The average molecular weight is 262 g/mol. The van der Waals surface area contributed by atoms with Crippen molar-refractivity contribution in [3.63, 3.8) is 0 Å². The molecule has 0 aliphatic carbocycles. The van der Waals surface area contributed by atoms with E-state index in [0.717, 1.165) is 17.0 Å². The van der Waals surface area contributed by atoms with Crippen molar-refractivity contribution in [1.29, 1.82) is 0 Å². The molecule has 0 radical (unpaired) electrons. The number of rotatable bonds is 5. The topological polar surface area (TPSA) is 97.3 Å². The quantitative estimate of drug-likeness (QED) is 0.617. The summed E-state index contributed by atoms with van der Waals surface area (Å²) in [5.41, 5.74) is 4.26. The van der Waals surface area contributed by atoms with Gasteiger partial charge in [-0.3, -0.25) is 0 Å². The number of methoxy groups -OCH3 is 2. The van der Waals surface area contributed by atoms with Crippen LogP contribution in [0.5, 0.6) is 11.5 Å². The van der Waals surface area contributed by atoms with Gasteiger partial charge in [0.25, 0.3) is 5.95 Å². The zero-order chi connectivity index (χ0) is 13.7. The van der Waals surface area contributed by atoms with Gasteiger partial charge in [0.15, 0.2) is 0 Å². The largest absolute Gasteiger partial charge is 0.497 e. The van der Waals surface area contributed by atoms with Crippen LogP contribution in [-0.2, 0) is 0 Å². The fourth-order valence-corrected chi connectivity index (χ4v) is 1.50. The Balaban J connectivity index is 2.22. The Bertz CT molecular complexity index is 567. The summed E-state index contributed by atoms with van der Waals surface area (Å²) in [6.07, 6.45) is 0. The first-order chi connectivity index (χ1) is 9.24. The lowest BCUT2D eigenvalue weighted by Gasteiger charge is -2.09. The lowest BCUT2D eigenvalue weighted by atomic mass is 10.1. The monoisotopic (exact) mass is 262 g/mol. The van der Waals surface area contributed by atoms with E-state index in [9.17, 15) is 0 Å². The highest BCUT2D eigenvalue weighted by Gasteiger charge is 2.08. The molecule has 0 saturated carbocycles. The lowest BCUT2D eigenvalue weighted by molar-refractivity contribution is 0.394. The van der Waals surface area contributed by atoms with Crippen LogP contribution in [0, 0.1) is 0 Å². The fourth-order valence-electron chi connectivity index (χ4n) is 1.50. The molecule has 0 atom stereocenters. The standard InChI is InChI=1S/C11H14N6O2/c1-7(12-13-11-14-16-17-15-11)9-5-4-8(18-2)6-10(9)19-3/h4-6H,1-3H3,(H2,13,14,15,16,17)/b12-7-. The normalized spacial score (nSPS) is 11.2. The lowest BCUT2D eigenvalue weighted by Crippen LogP contribution is -2.03. The predicted octanol–water partition coefficient (Wildman–Crippen LogP) is 1.05. The molecule has 0 aliphatic rings. The number of H-pyrrole nitrogens is 1. The first-order valence-corrected chi connectivity index (χ1v) is 5.50. The number of hydrogen-bond acceptors (Lipinski definition) is 7. The van der Waals surface area contributed by atoms with Crippen LogP contribution >= 0.6 is 0 Å². The van der Waals surface area contributed by atoms with Gasteiger partial charge in [0.1, 0.15) is 11.5 Å². The number of hydrogen-bond donors (Lipinski definition) is 2. The predicted molar refractivity (Wildman–Crippen MR) is 69.6 cm³/mol. The van der Waals surface area contributed by atoms with Gasteiger partial charge in [0.2, 0.25) is 0 Å². The molecule has 0 spiro atoms. The van der Waals surface area contributed by atoms with Crippen molar-refractivity contribution in [3.8, 4) is 11.5 Å². The Labute approximate surface area is 109 Å². The first kappa shape index (κ1) is 12.8. The maximum absolute atomic E-state index is 5.31. The molecule has 0 fully saturated rings. The Hall–Kier alpha value is -2.64. The molecular weight excluding hydrogens is 248 g/mol. The van der Waals surface area contributed by atoms with Crippen molar-refractivity contribution in [1.82, 2.24) is 20.6 Å². The third-order valence-corrected chi connectivity index (χ3v) is 2.47. The SMILES string of the molecule is COc1ccc(/C(C)=N\Nc2nn[nH]n2)c(OC)c1. The number of aromatic nitrogens is 4. The minimum Gasteiger partial charge on any atom is -0.497 e. The molecule has 0 amide bonds. The smallest absolute Gasteiger partial charge is 0.283 e. The van der Waals surface area contributed by atoms with E-state index in [-0.39, 0.29) is 0 Å². The second-order valence-electron chi connectivity index (χ2n) is 3.61. The van der Waals surface area contributed by atoms with Crippen molar-refractivity contribution < 1.29 is 9.47 Å². The number of ether oxygens (including phenoxy) is 2. The molecule has 2 N–H and O–H groups in total. The van der Waals surface area contributed by atoms with E-state index in [1.807, 2.05) is 19.1 Å². The number of aromatic amines is 1. The van der Waals surface area contributed by atoms with Crippen LogP contribution in [0.3, 0.4) is 0 Å². The molecule has 0 unspecified atom stereocenters. The number of anilines is 1. The summed E-state index contributed by atoms with van der Waals surface area (Å²) < 4.78 is 10.5. The molecule has 2 aromatic rings. The zero-order valence-electron chi connectivity index (χ0n) is 10.8. The molecular formula is C11H14N6O2. The molecule has 8 nitrogen and oxygen atoms in total. The Morgan fingerprint density at radius 2 is 2.16 bits per heavy atom. The van der Waals surface area contributed by atoms with E-state index in [1.165, 1.54) is 0 Å². The minimum absolute atomic E-state index is 0.298. The molecule has 2 rings (SSSR count).